The summed E-state index contributed by atoms with van der Waals surface area (Å²) >= 11 is 0. The molecule has 1 N–H and O–H groups in total. The molecule has 1 unspecified atom stereocenters. The fourth-order valence-corrected chi connectivity index (χ4v) is 5.57. The molecule has 0 heterocycles. The van der Waals surface area contributed by atoms with Crippen LogP contribution in [-0.2, 0) is 0 Å². The Bertz CT molecular complexity index is 307. The fourth-order valence-electron chi connectivity index (χ4n) is 5.57. The summed E-state index contributed by atoms with van der Waals surface area (Å²) in [4.78, 5) is 0. The molecule has 3 fully saturated rings. The first-order valence-electron chi connectivity index (χ1n) is 7.13. The number of hydrogen-bond donors (Lipinski definition) is 1. The SMILES string of the molecule is CC(C)[C@@H]1CC[C@@H](C)[C@@]23CC[C@](C)(O)C2[C@@H]13. The van der Waals surface area contributed by atoms with Gasteiger partial charge in [-0.05, 0) is 67.6 Å². The predicted molar refractivity (Wildman–Crippen MR) is 66.0 cm³/mol. The van der Waals surface area contributed by atoms with Crippen molar-refractivity contribution in [2.45, 2.75) is 59.0 Å². The fraction of sp³-hybridized carbons (Fsp3) is 1.00. The Morgan fingerprint density at radius 3 is 2.50 bits per heavy atom. The summed E-state index contributed by atoms with van der Waals surface area (Å²) < 4.78 is 0. The van der Waals surface area contributed by atoms with Gasteiger partial charge in [0.2, 0.25) is 0 Å². The van der Waals surface area contributed by atoms with Crippen LogP contribution in [0.3, 0.4) is 0 Å². The van der Waals surface area contributed by atoms with Crippen molar-refractivity contribution in [2.24, 2.45) is 35.0 Å². The van der Waals surface area contributed by atoms with Crippen LogP contribution in [0.25, 0.3) is 0 Å². The summed E-state index contributed by atoms with van der Waals surface area (Å²) in [7, 11) is 0. The molecule has 0 aliphatic heterocycles. The van der Waals surface area contributed by atoms with Gasteiger partial charge in [0.05, 0.1) is 5.60 Å². The van der Waals surface area contributed by atoms with E-state index in [9.17, 15) is 5.11 Å². The third kappa shape index (κ3) is 1.11. The van der Waals surface area contributed by atoms with Gasteiger partial charge in [-0.1, -0.05) is 20.8 Å². The van der Waals surface area contributed by atoms with Crippen LogP contribution < -0.4 is 0 Å². The number of hydrogen-bond acceptors (Lipinski definition) is 1. The number of aliphatic hydroxyl groups is 1. The molecule has 0 aromatic rings. The molecule has 3 aliphatic carbocycles. The molecule has 0 aromatic heterocycles. The highest BCUT2D eigenvalue weighted by molar-refractivity contribution is 5.26. The smallest absolute Gasteiger partial charge is 0.0656 e. The first-order chi connectivity index (χ1) is 7.41. The maximum atomic E-state index is 10.5. The third-order valence-electron chi connectivity index (χ3n) is 6.35. The second-order valence-corrected chi connectivity index (χ2v) is 7.36. The van der Waals surface area contributed by atoms with Crippen LogP contribution in [0, 0.1) is 35.0 Å². The molecule has 0 aromatic carbocycles. The van der Waals surface area contributed by atoms with E-state index in [1.165, 1.54) is 19.3 Å². The van der Waals surface area contributed by atoms with Crippen molar-refractivity contribution >= 4 is 0 Å². The Hall–Kier alpha value is -0.0400. The van der Waals surface area contributed by atoms with E-state index in [4.69, 9.17) is 0 Å². The standard InChI is InChI=1S/C15H26O/c1-9(2)11-6-5-10(3)15-8-7-14(4,16)13(15)12(11)15/h9-13,16H,5-8H2,1-4H3/t10-,11+,12-,13?,14+,15-/m1/s1. The molecule has 0 radical (unpaired) electrons. The maximum Gasteiger partial charge on any atom is 0.0656 e. The normalized spacial score (nSPS) is 59.6. The summed E-state index contributed by atoms with van der Waals surface area (Å²) in [5.41, 5.74) is 0.201. The van der Waals surface area contributed by atoms with Crippen molar-refractivity contribution in [3.63, 3.8) is 0 Å². The summed E-state index contributed by atoms with van der Waals surface area (Å²) in [5, 5.41) is 10.5. The highest BCUT2D eigenvalue weighted by atomic mass is 16.3. The first kappa shape index (κ1) is 11.1. The van der Waals surface area contributed by atoms with E-state index in [2.05, 4.69) is 27.7 Å². The lowest BCUT2D eigenvalue weighted by Gasteiger charge is -2.36. The van der Waals surface area contributed by atoms with Crippen LogP contribution >= 0.6 is 0 Å². The molecule has 0 saturated heterocycles. The van der Waals surface area contributed by atoms with Crippen molar-refractivity contribution in [1.82, 2.24) is 0 Å². The molecule has 0 bridgehead atoms. The second kappa shape index (κ2) is 3.04. The average Bonchev–Trinajstić information content (AvgIpc) is 2.79. The van der Waals surface area contributed by atoms with Crippen molar-refractivity contribution in [3.05, 3.63) is 0 Å². The topological polar surface area (TPSA) is 20.2 Å². The van der Waals surface area contributed by atoms with E-state index in [0.717, 1.165) is 30.1 Å². The van der Waals surface area contributed by atoms with Crippen LogP contribution in [0.15, 0.2) is 0 Å². The van der Waals surface area contributed by atoms with Crippen molar-refractivity contribution in [2.75, 3.05) is 0 Å². The van der Waals surface area contributed by atoms with Gasteiger partial charge < -0.3 is 5.11 Å². The summed E-state index contributed by atoms with van der Waals surface area (Å²) in [6, 6.07) is 0. The first-order valence-corrected chi connectivity index (χ1v) is 7.13. The Balaban J connectivity index is 1.92. The second-order valence-electron chi connectivity index (χ2n) is 7.36. The minimum atomic E-state index is -0.351. The molecule has 16 heavy (non-hydrogen) atoms. The number of fused-ring (bicyclic) bond motifs is 1. The molecule has 6 atom stereocenters. The Labute approximate surface area is 99.6 Å². The lowest BCUT2D eigenvalue weighted by atomic mass is 9.69. The van der Waals surface area contributed by atoms with Crippen LogP contribution in [0.2, 0.25) is 0 Å². The molecular weight excluding hydrogens is 196 g/mol. The van der Waals surface area contributed by atoms with Gasteiger partial charge in [0.15, 0.2) is 0 Å². The quantitative estimate of drug-likeness (QED) is 0.720. The van der Waals surface area contributed by atoms with Gasteiger partial charge >= 0.3 is 0 Å². The lowest BCUT2D eigenvalue weighted by molar-refractivity contribution is 0.0291. The van der Waals surface area contributed by atoms with E-state index in [1.807, 2.05) is 0 Å². The van der Waals surface area contributed by atoms with Crippen LogP contribution in [0.1, 0.15) is 53.4 Å². The zero-order valence-corrected chi connectivity index (χ0v) is 11.2. The van der Waals surface area contributed by atoms with Gasteiger partial charge in [-0.15, -0.1) is 0 Å². The maximum absolute atomic E-state index is 10.5. The average molecular weight is 222 g/mol. The molecule has 1 nitrogen and oxygen atoms in total. The van der Waals surface area contributed by atoms with Gasteiger partial charge in [-0.3, -0.25) is 0 Å². The van der Waals surface area contributed by atoms with Gasteiger partial charge in [-0.25, -0.2) is 0 Å². The van der Waals surface area contributed by atoms with E-state index < -0.39 is 0 Å². The van der Waals surface area contributed by atoms with E-state index >= 15 is 0 Å². The summed E-state index contributed by atoms with van der Waals surface area (Å²) in [6.45, 7) is 9.27. The third-order valence-corrected chi connectivity index (χ3v) is 6.35. The zero-order chi connectivity index (χ0) is 11.7. The number of rotatable bonds is 1. The zero-order valence-electron chi connectivity index (χ0n) is 11.2. The minimum Gasteiger partial charge on any atom is -0.390 e. The Morgan fingerprint density at radius 1 is 1.19 bits per heavy atom. The van der Waals surface area contributed by atoms with Gasteiger partial charge in [0.25, 0.3) is 0 Å². The monoisotopic (exact) mass is 222 g/mol. The molecule has 1 heteroatoms. The molecule has 3 saturated carbocycles. The van der Waals surface area contributed by atoms with Gasteiger partial charge in [-0.2, -0.15) is 0 Å². The molecule has 1 spiro atoms. The highest BCUT2D eigenvalue weighted by Crippen LogP contribution is 2.80. The van der Waals surface area contributed by atoms with Crippen LogP contribution in [0.5, 0.6) is 0 Å². The largest absolute Gasteiger partial charge is 0.390 e. The Kier molecular flexibility index (Phi) is 2.11. The molecule has 3 rings (SSSR count). The van der Waals surface area contributed by atoms with Crippen LogP contribution in [-0.4, -0.2) is 10.7 Å². The summed E-state index contributed by atoms with van der Waals surface area (Å²) in [6.07, 6.45) is 5.13. The lowest BCUT2D eigenvalue weighted by Crippen LogP contribution is -2.30. The van der Waals surface area contributed by atoms with Crippen molar-refractivity contribution in [3.8, 4) is 0 Å². The van der Waals surface area contributed by atoms with E-state index in [-0.39, 0.29) is 5.60 Å². The molecule has 0 amide bonds. The summed E-state index contributed by atoms with van der Waals surface area (Å²) in [5.74, 6) is 4.01. The Morgan fingerprint density at radius 2 is 1.88 bits per heavy atom. The highest BCUT2D eigenvalue weighted by Gasteiger charge is 2.77. The van der Waals surface area contributed by atoms with Crippen molar-refractivity contribution in [1.29, 1.82) is 0 Å². The van der Waals surface area contributed by atoms with Gasteiger partial charge in [0, 0.05) is 0 Å². The van der Waals surface area contributed by atoms with Crippen LogP contribution in [0.4, 0.5) is 0 Å². The van der Waals surface area contributed by atoms with E-state index in [0.29, 0.717) is 11.3 Å². The predicted octanol–water partition coefficient (Wildman–Crippen LogP) is 3.47. The minimum absolute atomic E-state index is 0.351. The van der Waals surface area contributed by atoms with Gasteiger partial charge in [0.1, 0.15) is 0 Å². The molecular formula is C15H26O. The van der Waals surface area contributed by atoms with Crippen molar-refractivity contribution < 1.29 is 5.11 Å². The van der Waals surface area contributed by atoms with E-state index in [1.54, 1.807) is 0 Å². The molecule has 92 valence electrons. The molecule has 3 aliphatic rings.